The molecule has 14 nitrogen and oxygen atoms in total. The minimum atomic E-state index is -1.34. The number of likely N-dealkylation sites (N-methyl/N-ethyl adjacent to an activating group) is 1. The second-order valence-electron chi connectivity index (χ2n) is 18.8. The van der Waals surface area contributed by atoms with Gasteiger partial charge >= 0.3 is 18.2 Å². The van der Waals surface area contributed by atoms with Crippen molar-refractivity contribution >= 4 is 47.8 Å². The zero-order valence-electron chi connectivity index (χ0n) is 36.0. The van der Waals surface area contributed by atoms with Gasteiger partial charge in [-0.2, -0.15) is 9.97 Å². The Balaban J connectivity index is 1.16. The Morgan fingerprint density at radius 2 is 1.73 bits per heavy atom. The second kappa shape index (κ2) is 16.0. The van der Waals surface area contributed by atoms with Gasteiger partial charge in [-0.25, -0.2) is 9.59 Å². The van der Waals surface area contributed by atoms with Gasteiger partial charge in [0, 0.05) is 71.1 Å². The number of nitrogens with zero attached hydrogens (tertiary/aromatic N) is 7. The first-order chi connectivity index (χ1) is 28.1. The van der Waals surface area contributed by atoms with E-state index in [1.54, 1.807) is 12.0 Å². The Kier molecular flexibility index (Phi) is 11.1. The largest absolute Gasteiger partial charge is 0.468 e. The number of aromatic nitrogens is 3. The lowest BCUT2D eigenvalue weighted by Crippen LogP contribution is -2.57. The number of anilines is 1. The summed E-state index contributed by atoms with van der Waals surface area (Å²) < 4.78 is 29.4. The number of carbonyl (C=O) groups is 2. The highest BCUT2D eigenvalue weighted by molar-refractivity contribution is 6.76. The molecule has 3 saturated heterocycles. The third-order valence-electron chi connectivity index (χ3n) is 12.1. The van der Waals surface area contributed by atoms with Crippen molar-refractivity contribution in [2.24, 2.45) is 0 Å². The van der Waals surface area contributed by atoms with E-state index >= 15 is 0 Å². The number of hydrogen-bond acceptors (Lipinski definition) is 12. The maximum absolute atomic E-state index is 13.4. The fourth-order valence-corrected chi connectivity index (χ4v) is 9.75. The Morgan fingerprint density at radius 1 is 0.966 bits per heavy atom. The summed E-state index contributed by atoms with van der Waals surface area (Å²) in [5.41, 5.74) is 4.20. The standard InChI is InChI=1S/C44H59N7O7Si/c1-27-33-12-10-11-28-19-32(57-26-54-6)20-34(37(28)33)38-36(27)39-35(21-45-38)40(50-22-29-13-14-30(23-50)51(29)43(53)58-44(2,3)4)47-41(46-39)56-25-31-24-49(16-15-48(31)5)42(52)55-17-18-59(7,8)9/h10-12,19-21,27,29-31H,13-18,22-26H2,1-9H3. The maximum Gasteiger partial charge on any atom is 0.410 e. The van der Waals surface area contributed by atoms with Crippen LogP contribution < -0.4 is 14.4 Å². The molecule has 59 heavy (non-hydrogen) atoms. The highest BCUT2D eigenvalue weighted by Crippen LogP contribution is 2.49. The third kappa shape index (κ3) is 8.38. The van der Waals surface area contributed by atoms with Gasteiger partial charge in [0.1, 0.15) is 23.8 Å². The van der Waals surface area contributed by atoms with Crippen molar-refractivity contribution in [3.63, 3.8) is 0 Å². The Bertz CT molecular complexity index is 2230. The van der Waals surface area contributed by atoms with E-state index in [0.29, 0.717) is 45.1 Å². The number of methoxy groups -OCH3 is 1. The first-order valence-electron chi connectivity index (χ1n) is 21.0. The maximum atomic E-state index is 13.4. The van der Waals surface area contributed by atoms with E-state index < -0.39 is 13.7 Å². The van der Waals surface area contributed by atoms with Crippen LogP contribution in [0.25, 0.3) is 32.9 Å². The molecule has 3 fully saturated rings. The molecule has 15 heteroatoms. The topological polar surface area (TPSA) is 132 Å². The molecule has 316 valence electrons. The lowest BCUT2D eigenvalue weighted by atomic mass is 9.79. The minimum Gasteiger partial charge on any atom is -0.468 e. The molecule has 2 amide bonds. The molecule has 8 rings (SSSR count). The van der Waals surface area contributed by atoms with Crippen LogP contribution in [-0.2, 0) is 14.2 Å². The van der Waals surface area contributed by atoms with E-state index in [0.717, 1.165) is 63.2 Å². The van der Waals surface area contributed by atoms with Gasteiger partial charge in [-0.15, -0.1) is 0 Å². The third-order valence-corrected chi connectivity index (χ3v) is 13.8. The predicted molar refractivity (Wildman–Crippen MR) is 230 cm³/mol. The molecular formula is C44H59N7O7Si. The summed E-state index contributed by atoms with van der Waals surface area (Å²) in [5.74, 6) is 1.40. The van der Waals surface area contributed by atoms with Crippen molar-refractivity contribution < 1.29 is 33.3 Å². The summed E-state index contributed by atoms with van der Waals surface area (Å²) in [5, 5.41) is 3.05. The molecule has 4 aromatic rings. The molecule has 5 heterocycles. The molecule has 1 aliphatic carbocycles. The van der Waals surface area contributed by atoms with E-state index in [1.807, 2.05) is 44.0 Å². The van der Waals surface area contributed by atoms with Crippen molar-refractivity contribution in [2.75, 3.05) is 71.8 Å². The number of rotatable bonds is 10. The molecule has 4 unspecified atom stereocenters. The van der Waals surface area contributed by atoms with E-state index in [1.165, 1.54) is 5.56 Å². The number of fused-ring (bicyclic) bond motifs is 6. The van der Waals surface area contributed by atoms with Crippen LogP contribution in [0.1, 0.15) is 57.6 Å². The number of benzene rings is 2. The smallest absolute Gasteiger partial charge is 0.410 e. The molecule has 0 spiro atoms. The number of carbonyl (C=O) groups excluding carboxylic acids is 2. The fourth-order valence-electron chi connectivity index (χ4n) is 9.03. The summed E-state index contributed by atoms with van der Waals surface area (Å²) in [7, 11) is 2.33. The molecule has 2 aromatic carbocycles. The normalized spacial score (nSPS) is 21.8. The SMILES string of the molecule is COCOc1cc2c3c(cccc3c1)C(C)c1c-2ncc2c(N3CC4CCC(C3)N4C(=O)OC(C)(C)C)nc(OCC3CN(C(=O)OCC[Si](C)(C)C)CCN3C)nc12. The number of hydrogen-bond donors (Lipinski definition) is 0. The van der Waals surface area contributed by atoms with Crippen LogP contribution in [-0.4, -0.2) is 141 Å². The number of amides is 2. The fraction of sp³-hybridized carbons (Fsp3) is 0.568. The van der Waals surface area contributed by atoms with E-state index in [4.69, 9.17) is 38.6 Å². The Morgan fingerprint density at radius 3 is 2.44 bits per heavy atom. The Labute approximate surface area is 348 Å². The number of pyridine rings is 1. The monoisotopic (exact) mass is 825 g/mol. The van der Waals surface area contributed by atoms with Crippen LogP contribution >= 0.6 is 0 Å². The Hall–Kier alpha value is -4.73. The molecule has 0 saturated carbocycles. The van der Waals surface area contributed by atoms with Gasteiger partial charge in [-0.3, -0.25) is 14.8 Å². The first-order valence-corrected chi connectivity index (χ1v) is 24.7. The summed E-state index contributed by atoms with van der Waals surface area (Å²) in [6.07, 6.45) is 3.13. The summed E-state index contributed by atoms with van der Waals surface area (Å²) >= 11 is 0. The lowest BCUT2D eigenvalue weighted by molar-refractivity contribution is 0.0122. The van der Waals surface area contributed by atoms with Crippen molar-refractivity contribution in [1.29, 1.82) is 0 Å². The van der Waals surface area contributed by atoms with Crippen LogP contribution in [0.4, 0.5) is 15.4 Å². The van der Waals surface area contributed by atoms with Gasteiger partial charge < -0.3 is 33.5 Å². The molecule has 0 N–H and O–H groups in total. The van der Waals surface area contributed by atoms with Crippen LogP contribution in [0.2, 0.25) is 25.7 Å². The highest BCUT2D eigenvalue weighted by Gasteiger charge is 2.45. The number of ether oxygens (including phenoxy) is 5. The zero-order chi connectivity index (χ0) is 41.8. The summed E-state index contributed by atoms with van der Waals surface area (Å²) in [6.45, 7) is 18.6. The lowest BCUT2D eigenvalue weighted by Gasteiger charge is -2.42. The quantitative estimate of drug-likeness (QED) is 0.117. The molecular weight excluding hydrogens is 767 g/mol. The van der Waals surface area contributed by atoms with Crippen molar-refractivity contribution in [2.45, 2.75) is 95.9 Å². The van der Waals surface area contributed by atoms with E-state index in [2.05, 4.69) is 61.6 Å². The molecule has 2 aromatic heterocycles. The molecule has 4 atom stereocenters. The summed E-state index contributed by atoms with van der Waals surface area (Å²) in [6, 6.07) is 11.5. The average molecular weight is 826 g/mol. The zero-order valence-corrected chi connectivity index (χ0v) is 37.0. The predicted octanol–water partition coefficient (Wildman–Crippen LogP) is 7.35. The van der Waals surface area contributed by atoms with Gasteiger partial charge in [0.25, 0.3) is 0 Å². The second-order valence-corrected chi connectivity index (χ2v) is 24.4. The van der Waals surface area contributed by atoms with Crippen molar-refractivity contribution in [3.05, 3.63) is 47.7 Å². The summed E-state index contributed by atoms with van der Waals surface area (Å²) in [4.78, 5) is 50.3. The molecule has 0 radical (unpaired) electrons. The average Bonchev–Trinajstić information content (AvgIpc) is 3.45. The van der Waals surface area contributed by atoms with E-state index in [9.17, 15) is 9.59 Å². The minimum absolute atomic E-state index is 0.0233. The van der Waals surface area contributed by atoms with Gasteiger partial charge in [-0.05, 0) is 75.2 Å². The van der Waals surface area contributed by atoms with Crippen LogP contribution in [0.3, 0.4) is 0 Å². The molecule has 3 aliphatic heterocycles. The van der Waals surface area contributed by atoms with Gasteiger partial charge in [0.2, 0.25) is 0 Å². The van der Waals surface area contributed by atoms with Crippen LogP contribution in [0, 0.1) is 0 Å². The van der Waals surface area contributed by atoms with Crippen LogP contribution in [0.5, 0.6) is 11.8 Å². The van der Waals surface area contributed by atoms with Crippen molar-refractivity contribution in [3.8, 4) is 23.0 Å². The first kappa shape index (κ1) is 41.0. The van der Waals surface area contributed by atoms with Gasteiger partial charge in [-0.1, -0.05) is 44.8 Å². The van der Waals surface area contributed by atoms with Crippen LogP contribution in [0.15, 0.2) is 36.5 Å². The molecule has 2 bridgehead atoms. The van der Waals surface area contributed by atoms with Gasteiger partial charge in [0.05, 0.1) is 41.3 Å². The number of piperazine rings is 2. The van der Waals surface area contributed by atoms with Crippen molar-refractivity contribution in [1.82, 2.24) is 29.7 Å². The van der Waals surface area contributed by atoms with E-state index in [-0.39, 0.29) is 55.6 Å². The van der Waals surface area contributed by atoms with Gasteiger partial charge in [0.15, 0.2) is 6.79 Å². The highest BCUT2D eigenvalue weighted by atomic mass is 28.3. The molecule has 4 aliphatic rings.